The van der Waals surface area contributed by atoms with Gasteiger partial charge in [0.2, 0.25) is 0 Å². The predicted octanol–water partition coefficient (Wildman–Crippen LogP) is 2.49. The molecule has 1 aromatic carbocycles. The van der Waals surface area contributed by atoms with Crippen LogP contribution in [0.3, 0.4) is 0 Å². The number of benzene rings is 1. The predicted molar refractivity (Wildman–Crippen MR) is 97.5 cm³/mol. The average molecular weight is 348 g/mol. The number of rotatable bonds is 4. The molecule has 1 N–H and O–H groups in total. The van der Waals surface area contributed by atoms with Crippen molar-refractivity contribution in [1.29, 1.82) is 0 Å². The molecule has 4 rings (SSSR count). The van der Waals surface area contributed by atoms with Gasteiger partial charge in [0.15, 0.2) is 6.10 Å². The van der Waals surface area contributed by atoms with Crippen molar-refractivity contribution in [1.82, 2.24) is 20.1 Å². The Kier molecular flexibility index (Phi) is 4.39. The Morgan fingerprint density at radius 1 is 1.27 bits per heavy atom. The van der Waals surface area contributed by atoms with Gasteiger partial charge in [-0.25, -0.2) is 0 Å². The number of nitrogens with one attached hydrogen (secondary N) is 1. The van der Waals surface area contributed by atoms with Crippen LogP contribution >= 0.6 is 0 Å². The smallest absolute Gasteiger partial charge is 0.261 e. The summed E-state index contributed by atoms with van der Waals surface area (Å²) < 4.78 is 7.59. The van der Waals surface area contributed by atoms with Crippen molar-refractivity contribution in [2.45, 2.75) is 25.5 Å². The third-order valence-electron chi connectivity index (χ3n) is 4.51. The number of hydrogen-bond acceptors (Lipinski definition) is 4. The van der Waals surface area contributed by atoms with E-state index < -0.39 is 6.10 Å². The van der Waals surface area contributed by atoms with Crippen molar-refractivity contribution in [3.05, 3.63) is 66.2 Å². The van der Waals surface area contributed by atoms with Crippen molar-refractivity contribution >= 4 is 5.91 Å². The van der Waals surface area contributed by atoms with Gasteiger partial charge in [-0.2, -0.15) is 5.10 Å². The zero-order valence-corrected chi connectivity index (χ0v) is 14.6. The first-order chi connectivity index (χ1) is 12.7. The lowest BCUT2D eigenvalue weighted by molar-refractivity contribution is -0.128. The highest BCUT2D eigenvalue weighted by molar-refractivity contribution is 5.81. The molecular formula is C20H20N4O2. The Balaban J connectivity index is 1.39. The molecule has 0 aliphatic carbocycles. The molecule has 0 spiro atoms. The molecule has 1 aliphatic heterocycles. The molecule has 1 unspecified atom stereocenters. The lowest BCUT2D eigenvalue weighted by Gasteiger charge is -2.25. The minimum absolute atomic E-state index is 0.0914. The third-order valence-corrected chi connectivity index (χ3v) is 4.51. The van der Waals surface area contributed by atoms with Gasteiger partial charge in [0.25, 0.3) is 5.91 Å². The maximum absolute atomic E-state index is 12.5. The zero-order valence-electron chi connectivity index (χ0n) is 14.6. The van der Waals surface area contributed by atoms with Crippen molar-refractivity contribution < 1.29 is 9.53 Å². The second-order valence-electron chi connectivity index (χ2n) is 6.46. The molecule has 0 radical (unpaired) electrons. The summed E-state index contributed by atoms with van der Waals surface area (Å²) in [4.78, 5) is 16.7. The summed E-state index contributed by atoms with van der Waals surface area (Å²) in [7, 11) is 1.88. The molecule has 1 amide bonds. The number of pyridine rings is 1. The van der Waals surface area contributed by atoms with E-state index in [1.807, 2.05) is 43.6 Å². The highest BCUT2D eigenvalue weighted by atomic mass is 16.5. The van der Waals surface area contributed by atoms with Crippen LogP contribution in [0.4, 0.5) is 0 Å². The number of ether oxygens (including phenoxy) is 1. The standard InChI is InChI=1S/C20H20N4O2/c1-24-13-17(12-23-24)16-8-14(9-21-11-16)10-22-20(25)19-7-6-15-4-2-3-5-18(15)26-19/h2-5,8-9,11-13,19H,6-7,10H2,1H3,(H,22,25). The molecule has 0 bridgehead atoms. The van der Waals surface area contributed by atoms with Gasteiger partial charge in [-0.15, -0.1) is 0 Å². The van der Waals surface area contributed by atoms with Gasteiger partial charge in [0, 0.05) is 43.3 Å². The van der Waals surface area contributed by atoms with Crippen LogP contribution in [-0.2, 0) is 24.8 Å². The minimum Gasteiger partial charge on any atom is -0.480 e. The van der Waals surface area contributed by atoms with E-state index in [4.69, 9.17) is 4.74 Å². The van der Waals surface area contributed by atoms with Crippen LogP contribution in [0.25, 0.3) is 11.1 Å². The van der Waals surface area contributed by atoms with Gasteiger partial charge in [-0.1, -0.05) is 18.2 Å². The molecule has 3 aromatic rings. The first-order valence-electron chi connectivity index (χ1n) is 8.64. The van der Waals surface area contributed by atoms with Gasteiger partial charge in [-0.05, 0) is 36.1 Å². The number of aryl methyl sites for hydroxylation is 2. The van der Waals surface area contributed by atoms with Crippen molar-refractivity contribution in [3.63, 3.8) is 0 Å². The average Bonchev–Trinajstić information content (AvgIpc) is 3.12. The monoisotopic (exact) mass is 348 g/mol. The fourth-order valence-electron chi connectivity index (χ4n) is 3.12. The molecule has 0 fully saturated rings. The van der Waals surface area contributed by atoms with Crippen LogP contribution in [0.2, 0.25) is 0 Å². The number of aromatic nitrogens is 3. The minimum atomic E-state index is -0.445. The normalized spacial score (nSPS) is 15.8. The van der Waals surface area contributed by atoms with Gasteiger partial charge in [0.1, 0.15) is 5.75 Å². The first-order valence-corrected chi connectivity index (χ1v) is 8.64. The topological polar surface area (TPSA) is 69.0 Å². The molecule has 1 aliphatic rings. The number of hydrogen-bond donors (Lipinski definition) is 1. The SMILES string of the molecule is Cn1cc(-c2cncc(CNC(=O)C3CCc4ccccc4O3)c2)cn1. The van der Waals surface area contributed by atoms with Crippen LogP contribution < -0.4 is 10.1 Å². The molecule has 0 saturated heterocycles. The summed E-state index contributed by atoms with van der Waals surface area (Å²) in [5.74, 6) is 0.713. The summed E-state index contributed by atoms with van der Waals surface area (Å²) in [5, 5.41) is 7.14. The number of amides is 1. The van der Waals surface area contributed by atoms with Crippen LogP contribution in [0.1, 0.15) is 17.5 Å². The van der Waals surface area contributed by atoms with E-state index in [1.165, 1.54) is 0 Å². The van der Waals surface area contributed by atoms with Gasteiger partial charge in [-0.3, -0.25) is 14.5 Å². The number of fused-ring (bicyclic) bond motifs is 1. The molecular weight excluding hydrogens is 328 g/mol. The van der Waals surface area contributed by atoms with E-state index in [9.17, 15) is 4.79 Å². The molecule has 26 heavy (non-hydrogen) atoms. The van der Waals surface area contributed by atoms with Crippen LogP contribution in [0, 0.1) is 0 Å². The van der Waals surface area contributed by atoms with Crippen LogP contribution in [0.5, 0.6) is 5.75 Å². The Hall–Kier alpha value is -3.15. The second-order valence-corrected chi connectivity index (χ2v) is 6.46. The Morgan fingerprint density at radius 3 is 3.00 bits per heavy atom. The molecule has 6 nitrogen and oxygen atoms in total. The summed E-state index contributed by atoms with van der Waals surface area (Å²) >= 11 is 0. The number of nitrogens with zero attached hydrogens (tertiary/aromatic N) is 3. The maximum Gasteiger partial charge on any atom is 0.261 e. The lowest BCUT2D eigenvalue weighted by Crippen LogP contribution is -2.40. The van der Waals surface area contributed by atoms with Crippen molar-refractivity contribution in [2.75, 3.05) is 0 Å². The summed E-state index contributed by atoms with van der Waals surface area (Å²) in [5.41, 5.74) is 4.08. The summed E-state index contributed by atoms with van der Waals surface area (Å²) in [6.07, 6.45) is 8.39. The van der Waals surface area contributed by atoms with E-state index in [-0.39, 0.29) is 5.91 Å². The largest absolute Gasteiger partial charge is 0.480 e. The summed E-state index contributed by atoms with van der Waals surface area (Å²) in [6.45, 7) is 0.418. The van der Waals surface area contributed by atoms with E-state index in [1.54, 1.807) is 23.3 Å². The Morgan fingerprint density at radius 2 is 2.15 bits per heavy atom. The highest BCUT2D eigenvalue weighted by Gasteiger charge is 2.25. The number of carbonyl (C=O) groups is 1. The van der Waals surface area contributed by atoms with E-state index in [2.05, 4.69) is 15.4 Å². The molecule has 2 aromatic heterocycles. The van der Waals surface area contributed by atoms with Crippen molar-refractivity contribution in [3.8, 4) is 16.9 Å². The Bertz CT molecular complexity index is 935. The molecule has 1 atom stereocenters. The van der Waals surface area contributed by atoms with Gasteiger partial charge in [0.05, 0.1) is 6.20 Å². The van der Waals surface area contributed by atoms with Gasteiger partial charge >= 0.3 is 0 Å². The zero-order chi connectivity index (χ0) is 17.9. The van der Waals surface area contributed by atoms with Crippen LogP contribution in [0.15, 0.2) is 55.1 Å². The first kappa shape index (κ1) is 16.3. The van der Waals surface area contributed by atoms with E-state index in [0.717, 1.165) is 34.4 Å². The fourth-order valence-corrected chi connectivity index (χ4v) is 3.12. The number of para-hydroxylation sites is 1. The van der Waals surface area contributed by atoms with Crippen molar-refractivity contribution in [2.24, 2.45) is 7.05 Å². The molecule has 132 valence electrons. The molecule has 3 heterocycles. The third kappa shape index (κ3) is 3.44. The van der Waals surface area contributed by atoms with E-state index >= 15 is 0 Å². The second kappa shape index (κ2) is 7.00. The fraction of sp³-hybridized carbons (Fsp3) is 0.250. The van der Waals surface area contributed by atoms with E-state index in [0.29, 0.717) is 13.0 Å². The van der Waals surface area contributed by atoms with Crippen LogP contribution in [-0.4, -0.2) is 26.8 Å². The number of carbonyl (C=O) groups excluding carboxylic acids is 1. The Labute approximate surface area is 151 Å². The quantitative estimate of drug-likeness (QED) is 0.786. The molecule has 6 heteroatoms. The maximum atomic E-state index is 12.5. The van der Waals surface area contributed by atoms with Gasteiger partial charge < -0.3 is 10.1 Å². The molecule has 0 saturated carbocycles. The summed E-state index contributed by atoms with van der Waals surface area (Å²) in [6, 6.07) is 9.88. The highest BCUT2D eigenvalue weighted by Crippen LogP contribution is 2.27. The lowest BCUT2D eigenvalue weighted by atomic mass is 10.0.